The Morgan fingerprint density at radius 2 is 2.31 bits per heavy atom. The molecule has 3 N–H and O–H groups in total. The third-order valence-corrected chi connectivity index (χ3v) is 2.03. The first-order chi connectivity index (χ1) is 6.27. The van der Waals surface area contributed by atoms with Gasteiger partial charge in [-0.3, -0.25) is 4.98 Å². The Kier molecular flexibility index (Phi) is 1.77. The van der Waals surface area contributed by atoms with Gasteiger partial charge in [-0.05, 0) is 30.7 Å². The zero-order valence-corrected chi connectivity index (χ0v) is 7.41. The predicted molar refractivity (Wildman–Crippen MR) is 53.2 cm³/mol. The minimum atomic E-state index is 0.732. The highest BCUT2D eigenvalue weighted by Gasteiger charge is 2.00. The van der Waals surface area contributed by atoms with Crippen molar-refractivity contribution in [2.45, 2.75) is 6.92 Å². The molecule has 2 aromatic heterocycles. The van der Waals surface area contributed by atoms with E-state index in [-0.39, 0.29) is 0 Å². The van der Waals surface area contributed by atoms with Gasteiger partial charge in [-0.25, -0.2) is 0 Å². The van der Waals surface area contributed by atoms with Gasteiger partial charge in [-0.2, -0.15) is 0 Å². The Morgan fingerprint density at radius 3 is 2.92 bits per heavy atom. The van der Waals surface area contributed by atoms with Gasteiger partial charge in [0.05, 0.1) is 23.3 Å². The standard InChI is InChI=1S/C10H11N3/c1-7-5-10(13-6-8(7)11)9-3-2-4-12-9/h2-6,12H,11H2,1H3. The fourth-order valence-electron chi connectivity index (χ4n) is 1.20. The second-order valence-corrected chi connectivity index (χ2v) is 3.01. The molecule has 3 nitrogen and oxygen atoms in total. The van der Waals surface area contributed by atoms with Crippen molar-refractivity contribution in [3.8, 4) is 11.4 Å². The average Bonchev–Trinajstić information content (AvgIpc) is 2.62. The fourth-order valence-corrected chi connectivity index (χ4v) is 1.20. The summed E-state index contributed by atoms with van der Waals surface area (Å²) in [6.07, 6.45) is 3.56. The molecule has 2 rings (SSSR count). The van der Waals surface area contributed by atoms with Crippen molar-refractivity contribution >= 4 is 5.69 Å². The molecule has 66 valence electrons. The van der Waals surface area contributed by atoms with Crippen molar-refractivity contribution in [2.24, 2.45) is 0 Å². The molecule has 0 aromatic carbocycles. The van der Waals surface area contributed by atoms with E-state index in [0.29, 0.717) is 0 Å². The van der Waals surface area contributed by atoms with Crippen LogP contribution in [0.5, 0.6) is 0 Å². The summed E-state index contributed by atoms with van der Waals surface area (Å²) in [5, 5.41) is 0. The number of aromatic nitrogens is 2. The molecule has 0 spiro atoms. The van der Waals surface area contributed by atoms with E-state index in [0.717, 1.165) is 22.6 Å². The van der Waals surface area contributed by atoms with Crippen LogP contribution in [0.4, 0.5) is 5.69 Å². The van der Waals surface area contributed by atoms with E-state index < -0.39 is 0 Å². The molecule has 2 aromatic rings. The van der Waals surface area contributed by atoms with Gasteiger partial charge in [0.25, 0.3) is 0 Å². The van der Waals surface area contributed by atoms with Gasteiger partial charge >= 0.3 is 0 Å². The Bertz CT molecular complexity index is 404. The Hall–Kier alpha value is -1.77. The zero-order chi connectivity index (χ0) is 9.26. The second-order valence-electron chi connectivity index (χ2n) is 3.01. The lowest BCUT2D eigenvalue weighted by Crippen LogP contribution is -1.92. The molecule has 0 saturated carbocycles. The van der Waals surface area contributed by atoms with Crippen molar-refractivity contribution in [1.82, 2.24) is 9.97 Å². The van der Waals surface area contributed by atoms with E-state index in [1.165, 1.54) is 0 Å². The van der Waals surface area contributed by atoms with Crippen LogP contribution in [0.2, 0.25) is 0 Å². The highest BCUT2D eigenvalue weighted by molar-refractivity contribution is 5.59. The second kappa shape index (κ2) is 2.94. The maximum Gasteiger partial charge on any atom is 0.0868 e. The SMILES string of the molecule is Cc1cc(-c2ccc[nH]2)ncc1N. The molecule has 3 heteroatoms. The van der Waals surface area contributed by atoms with E-state index in [9.17, 15) is 0 Å². The first-order valence-corrected chi connectivity index (χ1v) is 4.13. The largest absolute Gasteiger partial charge is 0.397 e. The van der Waals surface area contributed by atoms with Gasteiger partial charge in [0.2, 0.25) is 0 Å². The molecule has 0 bridgehead atoms. The number of nitrogens with one attached hydrogen (secondary N) is 1. The smallest absolute Gasteiger partial charge is 0.0868 e. The molecule has 0 fully saturated rings. The van der Waals surface area contributed by atoms with E-state index in [1.54, 1.807) is 6.20 Å². The number of nitrogens with zero attached hydrogens (tertiary/aromatic N) is 1. The number of nitrogen functional groups attached to an aromatic ring is 1. The lowest BCUT2D eigenvalue weighted by molar-refractivity contribution is 1.26. The van der Waals surface area contributed by atoms with Crippen molar-refractivity contribution < 1.29 is 0 Å². The van der Waals surface area contributed by atoms with Gasteiger partial charge in [0.15, 0.2) is 0 Å². The molecule has 0 atom stereocenters. The third-order valence-electron chi connectivity index (χ3n) is 2.03. The van der Waals surface area contributed by atoms with Gasteiger partial charge < -0.3 is 10.7 Å². The molecule has 0 radical (unpaired) electrons. The van der Waals surface area contributed by atoms with Gasteiger partial charge in [0.1, 0.15) is 0 Å². The summed E-state index contributed by atoms with van der Waals surface area (Å²) >= 11 is 0. The van der Waals surface area contributed by atoms with Gasteiger partial charge in [-0.15, -0.1) is 0 Å². The average molecular weight is 173 g/mol. The first kappa shape index (κ1) is 7.86. The van der Waals surface area contributed by atoms with Crippen LogP contribution < -0.4 is 5.73 Å². The number of pyridine rings is 1. The number of hydrogen-bond acceptors (Lipinski definition) is 2. The molecule has 0 aliphatic carbocycles. The van der Waals surface area contributed by atoms with Crippen LogP contribution in [0.1, 0.15) is 5.56 Å². The monoisotopic (exact) mass is 173 g/mol. The molecule has 0 amide bonds. The van der Waals surface area contributed by atoms with E-state index in [2.05, 4.69) is 9.97 Å². The van der Waals surface area contributed by atoms with Crippen LogP contribution in [0.3, 0.4) is 0 Å². The highest BCUT2D eigenvalue weighted by atomic mass is 14.8. The summed E-state index contributed by atoms with van der Waals surface area (Å²) in [5.74, 6) is 0. The molecule has 0 unspecified atom stereocenters. The number of aryl methyl sites for hydroxylation is 1. The van der Waals surface area contributed by atoms with Crippen LogP contribution in [0, 0.1) is 6.92 Å². The van der Waals surface area contributed by atoms with Crippen LogP contribution in [-0.2, 0) is 0 Å². The van der Waals surface area contributed by atoms with Crippen molar-refractivity contribution in [2.75, 3.05) is 5.73 Å². The van der Waals surface area contributed by atoms with Crippen molar-refractivity contribution in [1.29, 1.82) is 0 Å². The molecular weight excluding hydrogens is 162 g/mol. The van der Waals surface area contributed by atoms with Crippen LogP contribution >= 0.6 is 0 Å². The number of H-pyrrole nitrogens is 1. The predicted octanol–water partition coefficient (Wildman–Crippen LogP) is 1.97. The van der Waals surface area contributed by atoms with Crippen molar-refractivity contribution in [3.05, 3.63) is 36.2 Å². The summed E-state index contributed by atoms with van der Waals surface area (Å²) in [5.41, 5.74) is 9.40. The highest BCUT2D eigenvalue weighted by Crippen LogP contribution is 2.18. The van der Waals surface area contributed by atoms with Crippen LogP contribution in [-0.4, -0.2) is 9.97 Å². The maximum atomic E-state index is 5.67. The lowest BCUT2D eigenvalue weighted by atomic mass is 10.2. The zero-order valence-electron chi connectivity index (χ0n) is 7.41. The van der Waals surface area contributed by atoms with E-state index in [1.807, 2.05) is 31.3 Å². The fraction of sp³-hybridized carbons (Fsp3) is 0.100. The molecule has 0 saturated heterocycles. The summed E-state index contributed by atoms with van der Waals surface area (Å²) in [6, 6.07) is 5.90. The lowest BCUT2D eigenvalue weighted by Gasteiger charge is -2.01. The summed E-state index contributed by atoms with van der Waals surface area (Å²) in [6.45, 7) is 1.98. The molecule has 13 heavy (non-hydrogen) atoms. The van der Waals surface area contributed by atoms with Crippen LogP contribution in [0.25, 0.3) is 11.4 Å². The molecular formula is C10H11N3. The van der Waals surface area contributed by atoms with E-state index in [4.69, 9.17) is 5.73 Å². The summed E-state index contributed by atoms with van der Waals surface area (Å²) in [7, 11) is 0. The molecule has 2 heterocycles. The van der Waals surface area contributed by atoms with Crippen LogP contribution in [0.15, 0.2) is 30.6 Å². The summed E-state index contributed by atoms with van der Waals surface area (Å²) < 4.78 is 0. The quantitative estimate of drug-likeness (QED) is 0.692. The first-order valence-electron chi connectivity index (χ1n) is 4.13. The Morgan fingerprint density at radius 1 is 1.46 bits per heavy atom. The van der Waals surface area contributed by atoms with E-state index >= 15 is 0 Å². The number of anilines is 1. The number of hydrogen-bond donors (Lipinski definition) is 2. The minimum absolute atomic E-state index is 0.732. The number of aromatic amines is 1. The summed E-state index contributed by atoms with van der Waals surface area (Å²) in [4.78, 5) is 7.32. The number of nitrogens with two attached hydrogens (primary N) is 1. The molecule has 0 aliphatic heterocycles. The third kappa shape index (κ3) is 1.40. The molecule has 0 aliphatic rings. The minimum Gasteiger partial charge on any atom is -0.397 e. The Balaban J connectivity index is 2.49. The van der Waals surface area contributed by atoms with Gasteiger partial charge in [0, 0.05) is 6.20 Å². The van der Waals surface area contributed by atoms with Crippen molar-refractivity contribution in [3.63, 3.8) is 0 Å². The maximum absolute atomic E-state index is 5.67. The normalized spacial score (nSPS) is 10.2. The Labute approximate surface area is 76.6 Å². The topological polar surface area (TPSA) is 54.7 Å². The van der Waals surface area contributed by atoms with Gasteiger partial charge in [-0.1, -0.05) is 0 Å². The number of rotatable bonds is 1.